The number of hydrogen-bond donors (Lipinski definition) is 1. The van der Waals surface area contributed by atoms with Crippen LogP contribution in [0, 0.1) is 0 Å². The minimum atomic E-state index is 0.785. The van der Waals surface area contributed by atoms with Crippen LogP contribution in [0.15, 0.2) is 42.6 Å². The molecule has 5 heterocycles. The largest absolute Gasteiger partial charge is 0.374 e. The van der Waals surface area contributed by atoms with E-state index in [1.807, 2.05) is 0 Å². The average molecular weight is 445 g/mol. The summed E-state index contributed by atoms with van der Waals surface area (Å²) in [4.78, 5) is 19.6. The minimum absolute atomic E-state index is 0.785. The van der Waals surface area contributed by atoms with Crippen LogP contribution in [0.2, 0.25) is 0 Å². The van der Waals surface area contributed by atoms with Crippen molar-refractivity contribution in [1.29, 1.82) is 0 Å². The van der Waals surface area contributed by atoms with Gasteiger partial charge in [-0.3, -0.25) is 10.00 Å². The van der Waals surface area contributed by atoms with Gasteiger partial charge in [0, 0.05) is 71.0 Å². The fourth-order valence-electron chi connectivity index (χ4n) is 5.31. The lowest BCUT2D eigenvalue weighted by Crippen LogP contribution is -2.48. The van der Waals surface area contributed by atoms with E-state index < -0.39 is 0 Å². The smallest absolute Gasteiger partial charge is 0.229 e. The molecule has 0 amide bonds. The lowest BCUT2D eigenvalue weighted by Gasteiger charge is -2.36. The Balaban J connectivity index is 1.19. The maximum Gasteiger partial charge on any atom is 0.229 e. The number of aromatic amines is 1. The molecule has 2 saturated heterocycles. The van der Waals surface area contributed by atoms with Crippen molar-refractivity contribution in [3.05, 3.63) is 53.9 Å². The third-order valence-corrected chi connectivity index (χ3v) is 7.22. The van der Waals surface area contributed by atoms with E-state index in [0.717, 1.165) is 80.7 Å². The van der Waals surface area contributed by atoms with E-state index >= 15 is 0 Å². The zero-order valence-corrected chi connectivity index (χ0v) is 19.2. The highest BCUT2D eigenvalue weighted by Crippen LogP contribution is 2.33. The minimum Gasteiger partial charge on any atom is -0.374 e. The lowest BCUT2D eigenvalue weighted by atomic mass is 10.1. The quantitative estimate of drug-likeness (QED) is 0.627. The molecular weight excluding hydrogens is 412 g/mol. The number of hydrogen-bond acceptors (Lipinski definition) is 7. The summed E-state index contributed by atoms with van der Waals surface area (Å²) in [6.45, 7) is 13.3. The number of H-pyrrole nitrogens is 1. The topological polar surface area (TPSA) is 67.4 Å². The predicted octanol–water partition coefficient (Wildman–Crippen LogP) is 2.65. The zero-order chi connectivity index (χ0) is 22.2. The van der Waals surface area contributed by atoms with Gasteiger partial charge in [-0.15, -0.1) is 0 Å². The van der Waals surface area contributed by atoms with Gasteiger partial charge in [0.25, 0.3) is 0 Å². The Morgan fingerprint density at radius 2 is 1.73 bits per heavy atom. The molecule has 0 aliphatic carbocycles. The van der Waals surface area contributed by atoms with Crippen molar-refractivity contribution >= 4 is 22.8 Å². The Bertz CT molecular complexity index is 1130. The maximum absolute atomic E-state index is 5.09. The molecule has 172 valence electrons. The highest BCUT2D eigenvalue weighted by molar-refractivity contribution is 5.91. The van der Waals surface area contributed by atoms with Crippen molar-refractivity contribution in [2.75, 3.05) is 62.2 Å². The van der Waals surface area contributed by atoms with Gasteiger partial charge in [0.05, 0.1) is 11.1 Å². The first kappa shape index (κ1) is 20.5. The summed E-state index contributed by atoms with van der Waals surface area (Å²) in [5, 5.41) is 8.82. The Morgan fingerprint density at radius 1 is 0.939 bits per heavy atom. The van der Waals surface area contributed by atoms with Crippen LogP contribution < -0.4 is 9.80 Å². The molecule has 0 bridgehead atoms. The number of piperazine rings is 1. The molecular formula is C25H32N8. The second-order valence-electron chi connectivity index (χ2n) is 9.43. The molecule has 0 radical (unpaired) electrons. The second kappa shape index (κ2) is 8.67. The number of aromatic nitrogens is 4. The van der Waals surface area contributed by atoms with Crippen LogP contribution in [0.25, 0.3) is 11.0 Å². The van der Waals surface area contributed by atoms with E-state index in [-0.39, 0.29) is 0 Å². The number of benzene rings is 1. The van der Waals surface area contributed by atoms with E-state index in [4.69, 9.17) is 9.97 Å². The first-order valence-electron chi connectivity index (χ1n) is 12.2. The van der Waals surface area contributed by atoms with Crippen molar-refractivity contribution in [1.82, 2.24) is 30.0 Å². The SMILES string of the molecule is C=C(CN1CCN(c2nc3c4c([nH]nc4n2)CCN3Cc2ccccc2)CC1)N1CCCC1. The molecule has 3 aliphatic heterocycles. The van der Waals surface area contributed by atoms with Gasteiger partial charge in [0.1, 0.15) is 5.82 Å². The van der Waals surface area contributed by atoms with Crippen molar-refractivity contribution in [3.63, 3.8) is 0 Å². The summed E-state index contributed by atoms with van der Waals surface area (Å²) >= 11 is 0. The number of nitrogens with zero attached hydrogens (tertiary/aromatic N) is 7. The van der Waals surface area contributed by atoms with Gasteiger partial charge >= 0.3 is 0 Å². The highest BCUT2D eigenvalue weighted by atomic mass is 15.4. The van der Waals surface area contributed by atoms with E-state index in [1.165, 1.54) is 37.2 Å². The zero-order valence-electron chi connectivity index (χ0n) is 19.2. The average Bonchev–Trinajstić information content (AvgIpc) is 3.53. The fraction of sp³-hybridized carbons (Fsp3) is 0.480. The molecule has 0 atom stereocenters. The standard InChI is InChI=1S/C25H32N8/c1-19(31-10-5-6-11-31)17-30-13-15-32(16-14-30)25-26-23-22-21(28-29-23)9-12-33(24(22)27-25)18-20-7-3-2-4-8-20/h2-4,7-8H,1,5-6,9-18H2,(H,26,27,28,29). The van der Waals surface area contributed by atoms with Crippen LogP contribution in [0.4, 0.5) is 11.8 Å². The Hall–Kier alpha value is -3.13. The molecule has 8 heteroatoms. The maximum atomic E-state index is 5.09. The molecule has 0 unspecified atom stereocenters. The van der Waals surface area contributed by atoms with Crippen LogP contribution in [-0.2, 0) is 13.0 Å². The van der Waals surface area contributed by atoms with E-state index in [1.54, 1.807) is 0 Å². The molecule has 2 fully saturated rings. The first-order valence-corrected chi connectivity index (χ1v) is 12.2. The molecule has 33 heavy (non-hydrogen) atoms. The number of likely N-dealkylation sites (tertiary alicyclic amines) is 1. The van der Waals surface area contributed by atoms with Gasteiger partial charge in [-0.1, -0.05) is 36.9 Å². The summed E-state index contributed by atoms with van der Waals surface area (Å²) in [5.41, 5.74) is 4.50. The Morgan fingerprint density at radius 3 is 2.52 bits per heavy atom. The predicted molar refractivity (Wildman–Crippen MR) is 131 cm³/mol. The van der Waals surface area contributed by atoms with Crippen LogP contribution >= 0.6 is 0 Å². The number of rotatable bonds is 6. The van der Waals surface area contributed by atoms with E-state index in [9.17, 15) is 0 Å². The van der Waals surface area contributed by atoms with Crippen LogP contribution in [0.5, 0.6) is 0 Å². The second-order valence-corrected chi connectivity index (χ2v) is 9.43. The van der Waals surface area contributed by atoms with Crippen molar-refractivity contribution in [3.8, 4) is 0 Å². The monoisotopic (exact) mass is 444 g/mol. The first-order chi connectivity index (χ1) is 16.2. The lowest BCUT2D eigenvalue weighted by molar-refractivity contribution is 0.250. The van der Waals surface area contributed by atoms with Gasteiger partial charge in [0.15, 0.2) is 5.65 Å². The molecule has 1 aromatic carbocycles. The van der Waals surface area contributed by atoms with Gasteiger partial charge in [-0.25, -0.2) is 0 Å². The summed E-state index contributed by atoms with van der Waals surface area (Å²) < 4.78 is 0. The molecule has 2 aromatic heterocycles. The normalized spacial score (nSPS) is 19.0. The Labute approximate surface area is 194 Å². The number of anilines is 2. The van der Waals surface area contributed by atoms with Gasteiger partial charge in [-0.2, -0.15) is 15.1 Å². The van der Waals surface area contributed by atoms with Gasteiger partial charge in [-0.05, 0) is 18.4 Å². The van der Waals surface area contributed by atoms with Gasteiger partial charge < -0.3 is 14.7 Å². The van der Waals surface area contributed by atoms with Crippen molar-refractivity contribution < 1.29 is 0 Å². The molecule has 1 N–H and O–H groups in total. The molecule has 0 saturated carbocycles. The summed E-state index contributed by atoms with van der Waals surface area (Å²) in [7, 11) is 0. The van der Waals surface area contributed by atoms with E-state index in [0.29, 0.717) is 0 Å². The third kappa shape index (κ3) is 4.04. The van der Waals surface area contributed by atoms with Crippen LogP contribution in [0.1, 0.15) is 24.1 Å². The summed E-state index contributed by atoms with van der Waals surface area (Å²) in [6, 6.07) is 10.6. The summed E-state index contributed by atoms with van der Waals surface area (Å²) in [5.74, 6) is 1.81. The fourth-order valence-corrected chi connectivity index (χ4v) is 5.31. The van der Waals surface area contributed by atoms with Gasteiger partial charge in [0.2, 0.25) is 5.95 Å². The van der Waals surface area contributed by atoms with Crippen molar-refractivity contribution in [2.24, 2.45) is 0 Å². The Kier molecular flexibility index (Phi) is 5.38. The van der Waals surface area contributed by atoms with E-state index in [2.05, 4.69) is 66.7 Å². The van der Waals surface area contributed by atoms with Crippen molar-refractivity contribution in [2.45, 2.75) is 25.8 Å². The van der Waals surface area contributed by atoms with Crippen LogP contribution in [0.3, 0.4) is 0 Å². The number of nitrogens with one attached hydrogen (secondary N) is 1. The highest BCUT2D eigenvalue weighted by Gasteiger charge is 2.27. The third-order valence-electron chi connectivity index (χ3n) is 7.22. The molecule has 8 nitrogen and oxygen atoms in total. The summed E-state index contributed by atoms with van der Waals surface area (Å²) in [6.07, 6.45) is 3.54. The molecule has 6 rings (SSSR count). The molecule has 3 aliphatic rings. The van der Waals surface area contributed by atoms with Crippen LogP contribution in [-0.4, -0.2) is 82.3 Å². The molecule has 3 aromatic rings. The molecule has 0 spiro atoms.